The number of nitrogens with one attached hydrogen (secondary N) is 1. The number of pyridine rings is 4. The first-order valence-electron chi connectivity index (χ1n) is 20.1. The molecule has 0 aliphatic carbocycles. The van der Waals surface area contributed by atoms with E-state index in [1.165, 1.54) is 82.9 Å². The molecule has 0 saturated carbocycles. The van der Waals surface area contributed by atoms with Crippen LogP contribution in [0.2, 0.25) is 0 Å². The molecule has 8 rings (SSSR count). The fraction of sp³-hybridized carbons (Fsp3) is 0.378. The number of amides is 2. The second-order valence-corrected chi connectivity index (χ2v) is 17.1. The quantitative estimate of drug-likeness (QED) is 0.0448. The Morgan fingerprint density at radius 2 is 1.08 bits per heavy atom. The summed E-state index contributed by atoms with van der Waals surface area (Å²) in [5, 5.41) is 21.8. The first kappa shape index (κ1) is 73.2. The van der Waals surface area contributed by atoms with E-state index in [9.17, 15) is 9.59 Å². The van der Waals surface area contributed by atoms with Gasteiger partial charge in [0.1, 0.15) is 11.6 Å². The van der Waals surface area contributed by atoms with E-state index in [1.54, 1.807) is 42.9 Å². The molecule has 3 aliphatic heterocycles. The van der Waals surface area contributed by atoms with Gasteiger partial charge >= 0.3 is 29.6 Å². The number of aryl methyl sites for hydroxylation is 4. The minimum absolute atomic E-state index is 0. The van der Waals surface area contributed by atoms with Crippen LogP contribution in [0.5, 0.6) is 0 Å². The van der Waals surface area contributed by atoms with Crippen molar-refractivity contribution >= 4 is 63.4 Å². The largest absolute Gasteiger partial charge is 1.00 e. The van der Waals surface area contributed by atoms with Crippen molar-refractivity contribution in [3.8, 4) is 0 Å². The molecule has 5 aromatic rings. The van der Waals surface area contributed by atoms with E-state index in [1.807, 2.05) is 63.4 Å². The molecule has 3 aliphatic rings. The van der Waals surface area contributed by atoms with Crippen LogP contribution in [0.1, 0.15) is 96.6 Å². The summed E-state index contributed by atoms with van der Waals surface area (Å²) >= 11 is 6.82. The molecule has 0 bridgehead atoms. The molecule has 7 heterocycles. The van der Waals surface area contributed by atoms with Crippen LogP contribution in [-0.4, -0.2) is 98.4 Å². The van der Waals surface area contributed by atoms with Gasteiger partial charge in [0.2, 0.25) is 0 Å². The molecule has 66 heavy (non-hydrogen) atoms. The summed E-state index contributed by atoms with van der Waals surface area (Å²) in [5.74, 6) is 0.872. The summed E-state index contributed by atoms with van der Waals surface area (Å²) in [7, 11) is 4.99. The Morgan fingerprint density at radius 1 is 0.636 bits per heavy atom. The van der Waals surface area contributed by atoms with Gasteiger partial charge in [-0.1, -0.05) is 81.1 Å². The van der Waals surface area contributed by atoms with Crippen LogP contribution >= 0.6 is 31.9 Å². The number of anilines is 2. The summed E-state index contributed by atoms with van der Waals surface area (Å²) in [4.78, 5) is 42.4. The zero-order valence-electron chi connectivity index (χ0n) is 39.2. The average Bonchev–Trinajstić information content (AvgIpc) is 3.53. The third-order valence-corrected chi connectivity index (χ3v) is 10.6. The van der Waals surface area contributed by atoms with Crippen LogP contribution in [0, 0.1) is 160 Å². The SMILES string of the molecule is C1CCNCC1.CN1C(=O)c2ccccc2C1=O.Cc1cccnc1C.Cc1cccnc1N.Cc1ncccc1C(Br)Br.Nc1ncccc1CN1CCCCC1.OO.[Ac].[Ac].[Ac].[B-]O.[Na+]. The van der Waals surface area contributed by atoms with Crippen LogP contribution in [-0.2, 0) is 6.54 Å². The number of nitrogens with two attached hydrogens (primary N) is 2. The van der Waals surface area contributed by atoms with Gasteiger partial charge in [-0.05, 0) is 133 Å². The Labute approximate surface area is 539 Å². The number of halogens is 2. The molecule has 2 saturated heterocycles. The van der Waals surface area contributed by atoms with Crippen LogP contribution in [0.15, 0.2) is 97.6 Å². The Bertz CT molecular complexity index is 1900. The smallest absolute Gasteiger partial charge is 0.715 e. The number of hydrogen-bond donors (Lipinski definition) is 6. The number of nitrogen functional groups attached to an aromatic ring is 2. The minimum Gasteiger partial charge on any atom is -0.715 e. The third-order valence-electron chi connectivity index (χ3n) is 9.58. The molecular formula is C45H62Ac3BBr2N9NaO5. The monoisotopic (exact) mass is 1680 g/mol. The Morgan fingerprint density at radius 3 is 1.42 bits per heavy atom. The molecule has 2 amide bonds. The van der Waals surface area contributed by atoms with Crippen molar-refractivity contribution in [2.75, 3.05) is 44.7 Å². The number of hydrogen-bond acceptors (Lipinski definition) is 13. The molecular weight excluding hydrogens is 1620 g/mol. The van der Waals surface area contributed by atoms with E-state index in [0.29, 0.717) is 22.8 Å². The number of aromatic nitrogens is 4. The van der Waals surface area contributed by atoms with Crippen LogP contribution < -0.4 is 46.3 Å². The van der Waals surface area contributed by atoms with Gasteiger partial charge in [-0.15, -0.1) is 0 Å². The van der Waals surface area contributed by atoms with Gasteiger partial charge in [-0.3, -0.25) is 39.9 Å². The van der Waals surface area contributed by atoms with E-state index >= 15 is 0 Å². The summed E-state index contributed by atoms with van der Waals surface area (Å²) in [6.45, 7) is 13.9. The molecule has 21 heteroatoms. The first-order valence-corrected chi connectivity index (χ1v) is 22.0. The molecule has 2 fully saturated rings. The number of fused-ring (bicyclic) bond motifs is 1. The summed E-state index contributed by atoms with van der Waals surface area (Å²) in [6.07, 6.45) is 15.3. The van der Waals surface area contributed by atoms with Crippen molar-refractivity contribution in [2.45, 2.75) is 76.5 Å². The molecule has 8 N–H and O–H groups in total. The van der Waals surface area contributed by atoms with Gasteiger partial charge in [0.15, 0.2) is 0 Å². The fourth-order valence-corrected chi connectivity index (χ4v) is 6.81. The van der Waals surface area contributed by atoms with Gasteiger partial charge in [0.05, 0.1) is 14.9 Å². The van der Waals surface area contributed by atoms with Gasteiger partial charge in [0, 0.05) is 188 Å². The number of likely N-dealkylation sites (tertiary alicyclic amines) is 1. The topological polar surface area (TPSA) is 217 Å². The molecule has 0 spiro atoms. The van der Waals surface area contributed by atoms with Crippen molar-refractivity contribution < 1.29 is 187 Å². The Hall–Kier alpha value is 0.710. The summed E-state index contributed by atoms with van der Waals surface area (Å²) in [5.41, 5.74) is 19.0. The van der Waals surface area contributed by atoms with E-state index in [4.69, 9.17) is 27.0 Å². The summed E-state index contributed by atoms with van der Waals surface area (Å²) < 4.78 is 0.216. The zero-order chi connectivity index (χ0) is 46.3. The number of carbonyl (C=O) groups excluding carboxylic acids is 2. The molecule has 4 aromatic heterocycles. The molecule has 0 unspecified atom stereocenters. The Kier molecular flexibility index (Phi) is 50.6. The third kappa shape index (κ3) is 29.9. The molecule has 344 valence electrons. The number of imide groups is 1. The maximum atomic E-state index is 11.3. The van der Waals surface area contributed by atoms with Crippen molar-refractivity contribution in [1.82, 2.24) is 35.1 Å². The second kappa shape index (κ2) is 45.6. The number of nitrogens with zero attached hydrogens (tertiary/aromatic N) is 6. The van der Waals surface area contributed by atoms with Crippen LogP contribution in [0.4, 0.5) is 11.6 Å². The first-order chi connectivity index (χ1) is 29.9. The van der Waals surface area contributed by atoms with Gasteiger partial charge in [0.25, 0.3) is 11.8 Å². The Balaban J connectivity index is -0.000000346. The van der Waals surface area contributed by atoms with Crippen molar-refractivity contribution in [3.63, 3.8) is 0 Å². The van der Waals surface area contributed by atoms with Crippen molar-refractivity contribution in [2.24, 2.45) is 0 Å². The fourth-order valence-electron chi connectivity index (χ4n) is 5.84. The minimum atomic E-state index is -0.212. The molecule has 1 aromatic carbocycles. The predicted molar refractivity (Wildman–Crippen MR) is 257 cm³/mol. The van der Waals surface area contributed by atoms with Gasteiger partial charge in [-0.2, -0.15) is 0 Å². The number of benzene rings is 1. The van der Waals surface area contributed by atoms with Gasteiger partial charge in [-0.25, -0.2) is 9.97 Å². The number of piperidine rings is 2. The zero-order valence-corrected chi connectivity index (χ0v) is 58.6. The number of rotatable bonds is 3. The van der Waals surface area contributed by atoms with E-state index in [0.717, 1.165) is 34.0 Å². The number of carbonyl (C=O) groups is 2. The van der Waals surface area contributed by atoms with Crippen molar-refractivity contribution in [3.05, 3.63) is 142 Å². The summed E-state index contributed by atoms with van der Waals surface area (Å²) in [6, 6.07) is 22.6. The normalized spacial score (nSPS) is 12.8. The maximum Gasteiger partial charge on any atom is 1.00 e. The second-order valence-electron chi connectivity index (χ2n) is 14.0. The van der Waals surface area contributed by atoms with Crippen LogP contribution in [0.3, 0.4) is 0 Å². The van der Waals surface area contributed by atoms with Gasteiger partial charge < -0.3 is 29.9 Å². The van der Waals surface area contributed by atoms with E-state index in [-0.39, 0.29) is 177 Å². The maximum absolute atomic E-state index is 11.3. The van der Waals surface area contributed by atoms with E-state index in [2.05, 4.69) is 89.1 Å². The van der Waals surface area contributed by atoms with Crippen LogP contribution in [0.25, 0.3) is 0 Å². The predicted octanol–water partition coefficient (Wildman–Crippen LogP) is 5.25. The molecule has 6 radical (unpaired) electrons. The average molecular weight is 1680 g/mol. The standard InChI is InChI=1S/C11H17N3.C9H7NO2.C7H7Br2N.C7H9N.C6H8N2.C5H11N.3Ac.BHO.Na.H2O2/c12-11-10(5-4-6-13-11)9-14-7-2-1-3-8-14;1-10-8(11)6-4-2-3-5-7(6)9(10)12;1-5-6(7(8)9)3-2-4-10-5;1-6-4-3-5-8-7(6)2;1-5-3-2-4-8-6(5)7;1-2-4-6-5-3-1;;;;1-2;;1-2/h4-6H,1-3,7-9H2,(H2,12,13);2-5H,1H3;2-4,7H,1H3;3-5H,1-2H3;2-4H,1H3,(H2,7,8);6H,1-5H2;;;;2H;;1-2H/q;;;;;;;;;-1;+1;. The van der Waals surface area contributed by atoms with E-state index < -0.39 is 0 Å². The van der Waals surface area contributed by atoms with Crippen molar-refractivity contribution in [1.29, 1.82) is 0 Å². The molecule has 0 atom stereocenters. The molecule has 14 nitrogen and oxygen atoms in total. The number of alkyl halides is 2.